The Morgan fingerprint density at radius 2 is 2.27 bits per heavy atom. The fraction of sp³-hybridized carbons (Fsp3) is 0.300. The van der Waals surface area contributed by atoms with Gasteiger partial charge in [-0.25, -0.2) is 0 Å². The van der Waals surface area contributed by atoms with Crippen molar-refractivity contribution in [2.24, 2.45) is 5.73 Å². The first-order valence-corrected chi connectivity index (χ1v) is 6.04. The third-order valence-corrected chi connectivity index (χ3v) is 3.33. The average Bonchev–Trinajstić information content (AvgIpc) is 2.45. The van der Waals surface area contributed by atoms with Crippen molar-refractivity contribution in [2.45, 2.75) is 12.5 Å². The highest BCUT2D eigenvalue weighted by molar-refractivity contribution is 14.1. The lowest BCUT2D eigenvalue weighted by atomic mass is 10.3. The summed E-state index contributed by atoms with van der Waals surface area (Å²) in [4.78, 5) is 13.3. The SMILES string of the molecule is NC1CC(=O)N(c2ccc(I)cc2Cl)C1. The quantitative estimate of drug-likeness (QED) is 0.798. The number of hydrogen-bond donors (Lipinski definition) is 1. The van der Waals surface area contributed by atoms with Crippen LogP contribution in [-0.2, 0) is 4.79 Å². The first-order valence-electron chi connectivity index (χ1n) is 4.59. The first-order chi connectivity index (χ1) is 7.08. The van der Waals surface area contributed by atoms with Gasteiger partial charge >= 0.3 is 0 Å². The second kappa shape index (κ2) is 4.27. The van der Waals surface area contributed by atoms with E-state index in [2.05, 4.69) is 22.6 Å². The number of nitrogens with zero attached hydrogens (tertiary/aromatic N) is 1. The zero-order chi connectivity index (χ0) is 11.0. The molecule has 2 rings (SSSR count). The highest BCUT2D eigenvalue weighted by atomic mass is 127. The molecule has 3 nitrogen and oxygen atoms in total. The molecule has 15 heavy (non-hydrogen) atoms. The molecule has 1 saturated heterocycles. The minimum Gasteiger partial charge on any atom is -0.326 e. The molecule has 0 saturated carbocycles. The van der Waals surface area contributed by atoms with Crippen molar-refractivity contribution in [3.05, 3.63) is 26.8 Å². The van der Waals surface area contributed by atoms with Gasteiger partial charge in [-0.15, -0.1) is 0 Å². The van der Waals surface area contributed by atoms with E-state index in [1.54, 1.807) is 4.90 Å². The summed E-state index contributed by atoms with van der Waals surface area (Å²) in [6, 6.07) is 5.56. The first kappa shape index (κ1) is 11.2. The number of rotatable bonds is 1. The predicted molar refractivity (Wildman–Crippen MR) is 69.1 cm³/mol. The lowest BCUT2D eigenvalue weighted by molar-refractivity contribution is -0.117. The van der Waals surface area contributed by atoms with Gasteiger partial charge in [0.2, 0.25) is 5.91 Å². The van der Waals surface area contributed by atoms with Crippen molar-refractivity contribution in [3.8, 4) is 0 Å². The standard InChI is InChI=1S/C10H10ClIN2O/c11-8-3-6(12)1-2-9(8)14-5-7(13)4-10(14)15/h1-3,7H,4-5,13H2. The van der Waals surface area contributed by atoms with Crippen LogP contribution in [-0.4, -0.2) is 18.5 Å². The van der Waals surface area contributed by atoms with E-state index >= 15 is 0 Å². The van der Waals surface area contributed by atoms with Gasteiger partial charge in [-0.2, -0.15) is 0 Å². The van der Waals surface area contributed by atoms with Crippen LogP contribution in [0.4, 0.5) is 5.69 Å². The second-order valence-electron chi connectivity index (χ2n) is 3.56. The number of benzene rings is 1. The summed E-state index contributed by atoms with van der Waals surface area (Å²) in [6.45, 7) is 0.555. The van der Waals surface area contributed by atoms with Crippen molar-refractivity contribution in [1.29, 1.82) is 0 Å². The van der Waals surface area contributed by atoms with E-state index in [9.17, 15) is 4.79 Å². The molecule has 1 atom stereocenters. The Hall–Kier alpha value is -0.330. The number of nitrogens with two attached hydrogens (primary N) is 1. The van der Waals surface area contributed by atoms with Crippen molar-refractivity contribution in [1.82, 2.24) is 0 Å². The van der Waals surface area contributed by atoms with Gasteiger partial charge < -0.3 is 10.6 Å². The van der Waals surface area contributed by atoms with Crippen LogP contribution in [0.25, 0.3) is 0 Å². The third kappa shape index (κ3) is 2.26. The molecule has 1 unspecified atom stereocenters. The molecule has 1 fully saturated rings. The molecular formula is C10H10ClIN2O. The zero-order valence-electron chi connectivity index (χ0n) is 7.91. The van der Waals surface area contributed by atoms with Crippen LogP contribution in [0.1, 0.15) is 6.42 Å². The maximum Gasteiger partial charge on any atom is 0.228 e. The molecule has 1 aliphatic heterocycles. The molecule has 0 aromatic heterocycles. The number of hydrogen-bond acceptors (Lipinski definition) is 2. The smallest absolute Gasteiger partial charge is 0.228 e. The van der Waals surface area contributed by atoms with E-state index in [4.69, 9.17) is 17.3 Å². The summed E-state index contributed by atoms with van der Waals surface area (Å²) in [5, 5.41) is 0.601. The van der Waals surface area contributed by atoms with Gasteiger partial charge in [0.15, 0.2) is 0 Å². The monoisotopic (exact) mass is 336 g/mol. The van der Waals surface area contributed by atoms with Crippen LogP contribution < -0.4 is 10.6 Å². The summed E-state index contributed by atoms with van der Waals surface area (Å²) in [6.07, 6.45) is 0.405. The Morgan fingerprint density at radius 1 is 1.53 bits per heavy atom. The van der Waals surface area contributed by atoms with E-state index in [0.717, 1.165) is 9.26 Å². The summed E-state index contributed by atoms with van der Waals surface area (Å²) in [5.41, 5.74) is 6.49. The van der Waals surface area contributed by atoms with Gasteiger partial charge in [-0.1, -0.05) is 11.6 Å². The Morgan fingerprint density at radius 3 is 2.80 bits per heavy atom. The lowest BCUT2D eigenvalue weighted by Gasteiger charge is -2.17. The van der Waals surface area contributed by atoms with E-state index in [0.29, 0.717) is 18.0 Å². The maximum absolute atomic E-state index is 11.6. The molecule has 80 valence electrons. The molecule has 0 spiro atoms. The fourth-order valence-corrected chi connectivity index (χ4v) is 2.63. The summed E-state index contributed by atoms with van der Waals surface area (Å²) >= 11 is 8.27. The molecule has 1 aromatic rings. The minimum atomic E-state index is -0.0761. The number of carbonyl (C=O) groups is 1. The Labute approximate surface area is 107 Å². The molecular weight excluding hydrogens is 326 g/mol. The van der Waals surface area contributed by atoms with Crippen molar-refractivity contribution in [3.63, 3.8) is 0 Å². The molecule has 1 amide bonds. The molecule has 0 aliphatic carbocycles. The Balaban J connectivity index is 2.34. The van der Waals surface area contributed by atoms with Gasteiger partial charge in [0.25, 0.3) is 0 Å². The van der Waals surface area contributed by atoms with Gasteiger partial charge in [0, 0.05) is 22.6 Å². The van der Waals surface area contributed by atoms with Crippen LogP contribution in [0, 0.1) is 3.57 Å². The van der Waals surface area contributed by atoms with Gasteiger partial charge in [0.1, 0.15) is 0 Å². The summed E-state index contributed by atoms with van der Waals surface area (Å²) < 4.78 is 1.05. The predicted octanol–water partition coefficient (Wildman–Crippen LogP) is 2.01. The highest BCUT2D eigenvalue weighted by Crippen LogP contribution is 2.30. The molecule has 5 heteroatoms. The van der Waals surface area contributed by atoms with E-state index in [1.807, 2.05) is 18.2 Å². The third-order valence-electron chi connectivity index (χ3n) is 2.36. The van der Waals surface area contributed by atoms with E-state index in [1.165, 1.54) is 0 Å². The topological polar surface area (TPSA) is 46.3 Å². The molecule has 0 bridgehead atoms. The second-order valence-corrected chi connectivity index (χ2v) is 5.22. The van der Waals surface area contributed by atoms with Gasteiger partial charge in [-0.3, -0.25) is 4.79 Å². The summed E-state index contributed by atoms with van der Waals surface area (Å²) in [5.74, 6) is 0.0469. The number of halogens is 2. The van der Waals surface area contributed by atoms with Crippen LogP contribution >= 0.6 is 34.2 Å². The summed E-state index contributed by atoms with van der Waals surface area (Å²) in [7, 11) is 0. The largest absolute Gasteiger partial charge is 0.326 e. The minimum absolute atomic E-state index is 0.0469. The average molecular weight is 337 g/mol. The molecule has 0 radical (unpaired) electrons. The Bertz CT molecular complexity index is 410. The molecule has 1 aliphatic rings. The number of carbonyl (C=O) groups excluding carboxylic acids is 1. The molecule has 1 aromatic carbocycles. The van der Waals surface area contributed by atoms with Crippen molar-refractivity contribution >= 4 is 45.8 Å². The van der Waals surface area contributed by atoms with Crippen LogP contribution in [0.5, 0.6) is 0 Å². The lowest BCUT2D eigenvalue weighted by Crippen LogP contribution is -2.28. The van der Waals surface area contributed by atoms with E-state index in [-0.39, 0.29) is 11.9 Å². The normalized spacial score (nSPS) is 21.1. The van der Waals surface area contributed by atoms with Gasteiger partial charge in [0.05, 0.1) is 10.7 Å². The van der Waals surface area contributed by atoms with Crippen LogP contribution in [0.3, 0.4) is 0 Å². The van der Waals surface area contributed by atoms with Crippen molar-refractivity contribution < 1.29 is 4.79 Å². The van der Waals surface area contributed by atoms with Crippen molar-refractivity contribution in [2.75, 3.05) is 11.4 Å². The van der Waals surface area contributed by atoms with Crippen LogP contribution in [0.2, 0.25) is 5.02 Å². The highest BCUT2D eigenvalue weighted by Gasteiger charge is 2.29. The molecule has 1 heterocycles. The zero-order valence-corrected chi connectivity index (χ0v) is 10.8. The number of amides is 1. The maximum atomic E-state index is 11.6. The van der Waals surface area contributed by atoms with Gasteiger partial charge in [-0.05, 0) is 40.8 Å². The van der Waals surface area contributed by atoms with Crippen LogP contribution in [0.15, 0.2) is 18.2 Å². The fourth-order valence-electron chi connectivity index (χ4n) is 1.67. The van der Waals surface area contributed by atoms with E-state index < -0.39 is 0 Å². The Kier molecular flexibility index (Phi) is 3.18. The number of anilines is 1. The molecule has 2 N–H and O–H groups in total.